The molecule has 0 atom stereocenters. The van der Waals surface area contributed by atoms with Crippen LogP contribution in [0.4, 0.5) is 4.39 Å². The van der Waals surface area contributed by atoms with Gasteiger partial charge in [-0.1, -0.05) is 6.07 Å². The lowest BCUT2D eigenvalue weighted by atomic mass is 10.1. The minimum Gasteiger partial charge on any atom is -0.496 e. The molecule has 1 aliphatic rings. The molecule has 6 nitrogen and oxygen atoms in total. The lowest BCUT2D eigenvalue weighted by Gasteiger charge is -2.09. The summed E-state index contributed by atoms with van der Waals surface area (Å²) in [5.74, 6) is 0.806. The third-order valence-corrected chi connectivity index (χ3v) is 3.95. The van der Waals surface area contributed by atoms with Crippen molar-refractivity contribution in [3.63, 3.8) is 0 Å². The zero-order chi connectivity index (χ0) is 19.4. The average Bonchev–Trinajstić information content (AvgIpc) is 3.00. The molecule has 1 aliphatic heterocycles. The van der Waals surface area contributed by atoms with E-state index in [1.54, 1.807) is 26.4 Å². The SMILES string of the molecule is COc1ccc(F)cc1/C=C1/N=C(Cc2ccc(OC)c(OC)c2)OC1=O. The first-order valence-electron chi connectivity index (χ1n) is 8.10. The predicted octanol–water partition coefficient (Wildman–Crippen LogP) is 3.39. The number of cyclic esters (lactones) is 1. The number of nitrogens with zero attached hydrogens (tertiary/aromatic N) is 1. The molecule has 0 N–H and O–H groups in total. The first-order valence-corrected chi connectivity index (χ1v) is 8.10. The fourth-order valence-electron chi connectivity index (χ4n) is 2.66. The molecule has 0 saturated heterocycles. The Hall–Kier alpha value is -3.35. The topological polar surface area (TPSA) is 66.3 Å². The molecule has 0 aromatic heterocycles. The van der Waals surface area contributed by atoms with Crippen LogP contribution in [0.1, 0.15) is 11.1 Å². The number of halogens is 1. The molecule has 2 aromatic rings. The number of rotatable bonds is 6. The Morgan fingerprint density at radius 2 is 1.70 bits per heavy atom. The summed E-state index contributed by atoms with van der Waals surface area (Å²) >= 11 is 0. The van der Waals surface area contributed by atoms with Crippen LogP contribution in [0.3, 0.4) is 0 Å². The maximum atomic E-state index is 13.5. The van der Waals surface area contributed by atoms with Crippen molar-refractivity contribution in [2.24, 2.45) is 4.99 Å². The van der Waals surface area contributed by atoms with E-state index in [4.69, 9.17) is 18.9 Å². The maximum Gasteiger partial charge on any atom is 0.363 e. The summed E-state index contributed by atoms with van der Waals surface area (Å²) in [7, 11) is 4.56. The molecule has 140 valence electrons. The van der Waals surface area contributed by atoms with Crippen molar-refractivity contribution >= 4 is 17.9 Å². The largest absolute Gasteiger partial charge is 0.496 e. The fraction of sp³-hybridized carbons (Fsp3) is 0.200. The Labute approximate surface area is 155 Å². The third-order valence-electron chi connectivity index (χ3n) is 3.95. The molecule has 0 fully saturated rings. The summed E-state index contributed by atoms with van der Waals surface area (Å²) in [5, 5.41) is 0. The Morgan fingerprint density at radius 3 is 2.41 bits per heavy atom. The standard InChI is InChI=1S/C20H18FNO5/c1-24-16-7-5-14(21)10-13(16)11-15-20(23)27-19(22-15)9-12-4-6-17(25-2)18(8-12)26-3/h4-8,10-11H,9H2,1-3H3/b15-11+. The Bertz CT molecular complexity index is 936. The van der Waals surface area contributed by atoms with Crippen LogP contribution in [-0.4, -0.2) is 33.2 Å². The highest BCUT2D eigenvalue weighted by molar-refractivity contribution is 6.07. The minimum absolute atomic E-state index is 0.0781. The molecule has 27 heavy (non-hydrogen) atoms. The quantitative estimate of drug-likeness (QED) is 0.575. The van der Waals surface area contributed by atoms with Crippen molar-refractivity contribution < 1.29 is 28.1 Å². The molecule has 7 heteroatoms. The van der Waals surface area contributed by atoms with Crippen molar-refractivity contribution in [2.75, 3.05) is 21.3 Å². The predicted molar refractivity (Wildman–Crippen MR) is 97.7 cm³/mol. The van der Waals surface area contributed by atoms with E-state index in [1.807, 2.05) is 6.07 Å². The second kappa shape index (κ2) is 7.90. The molecule has 0 radical (unpaired) electrons. The van der Waals surface area contributed by atoms with E-state index in [0.29, 0.717) is 29.2 Å². The van der Waals surface area contributed by atoms with Crippen molar-refractivity contribution in [2.45, 2.75) is 6.42 Å². The van der Waals surface area contributed by atoms with Gasteiger partial charge in [0.2, 0.25) is 5.90 Å². The fourth-order valence-corrected chi connectivity index (χ4v) is 2.66. The number of hydrogen-bond donors (Lipinski definition) is 0. The number of hydrogen-bond acceptors (Lipinski definition) is 6. The zero-order valence-electron chi connectivity index (χ0n) is 15.1. The van der Waals surface area contributed by atoms with Crippen LogP contribution in [0, 0.1) is 5.82 Å². The van der Waals surface area contributed by atoms with E-state index in [0.717, 1.165) is 5.56 Å². The van der Waals surface area contributed by atoms with Gasteiger partial charge in [0.15, 0.2) is 17.2 Å². The van der Waals surface area contributed by atoms with Crippen LogP contribution in [0.5, 0.6) is 17.2 Å². The molecular formula is C20H18FNO5. The average molecular weight is 371 g/mol. The summed E-state index contributed by atoms with van der Waals surface area (Å²) in [4.78, 5) is 16.3. The molecule has 1 heterocycles. The zero-order valence-corrected chi connectivity index (χ0v) is 15.1. The summed E-state index contributed by atoms with van der Waals surface area (Å²) in [5.41, 5.74) is 1.32. The summed E-state index contributed by atoms with van der Waals surface area (Å²) in [6.45, 7) is 0. The van der Waals surface area contributed by atoms with E-state index in [9.17, 15) is 9.18 Å². The van der Waals surface area contributed by atoms with Gasteiger partial charge in [-0.05, 0) is 42.0 Å². The monoisotopic (exact) mass is 371 g/mol. The minimum atomic E-state index is -0.600. The van der Waals surface area contributed by atoms with E-state index in [1.165, 1.54) is 31.4 Å². The van der Waals surface area contributed by atoms with Gasteiger partial charge in [-0.2, -0.15) is 0 Å². The number of ether oxygens (including phenoxy) is 4. The smallest absolute Gasteiger partial charge is 0.363 e. The van der Waals surface area contributed by atoms with E-state index >= 15 is 0 Å². The second-order valence-corrected chi connectivity index (χ2v) is 5.68. The van der Waals surface area contributed by atoms with Crippen molar-refractivity contribution in [1.82, 2.24) is 0 Å². The molecule has 0 unspecified atom stereocenters. The summed E-state index contributed by atoms with van der Waals surface area (Å²) in [6.07, 6.45) is 1.73. The molecule has 3 rings (SSSR count). The number of methoxy groups -OCH3 is 3. The summed E-state index contributed by atoms with van der Waals surface area (Å²) < 4.78 is 34.4. The van der Waals surface area contributed by atoms with E-state index in [2.05, 4.69) is 4.99 Å². The van der Waals surface area contributed by atoms with Gasteiger partial charge in [0.1, 0.15) is 11.6 Å². The first kappa shape index (κ1) is 18.4. The molecular weight excluding hydrogens is 353 g/mol. The van der Waals surface area contributed by atoms with Gasteiger partial charge in [-0.25, -0.2) is 14.2 Å². The normalized spacial score (nSPS) is 14.7. The van der Waals surface area contributed by atoms with Gasteiger partial charge >= 0.3 is 5.97 Å². The third kappa shape index (κ3) is 4.08. The van der Waals surface area contributed by atoms with Crippen molar-refractivity contribution in [3.8, 4) is 17.2 Å². The molecule has 0 saturated carbocycles. The van der Waals surface area contributed by atoms with Crippen LogP contribution < -0.4 is 14.2 Å². The van der Waals surface area contributed by atoms with Gasteiger partial charge in [0.05, 0.1) is 21.3 Å². The molecule has 0 bridgehead atoms. The lowest BCUT2D eigenvalue weighted by molar-refractivity contribution is -0.130. The lowest BCUT2D eigenvalue weighted by Crippen LogP contribution is -2.07. The van der Waals surface area contributed by atoms with Crippen LogP contribution in [0.15, 0.2) is 47.1 Å². The van der Waals surface area contributed by atoms with Crippen LogP contribution >= 0.6 is 0 Å². The van der Waals surface area contributed by atoms with Crippen LogP contribution in [-0.2, 0) is 16.0 Å². The second-order valence-electron chi connectivity index (χ2n) is 5.68. The van der Waals surface area contributed by atoms with Crippen LogP contribution in [0.25, 0.3) is 6.08 Å². The highest BCUT2D eigenvalue weighted by Gasteiger charge is 2.24. The van der Waals surface area contributed by atoms with E-state index in [-0.39, 0.29) is 11.6 Å². The number of carbonyl (C=O) groups excluding carboxylic acids is 1. The Balaban J connectivity index is 1.86. The van der Waals surface area contributed by atoms with Gasteiger partial charge < -0.3 is 18.9 Å². The van der Waals surface area contributed by atoms with Crippen molar-refractivity contribution in [3.05, 3.63) is 59.0 Å². The van der Waals surface area contributed by atoms with Crippen molar-refractivity contribution in [1.29, 1.82) is 0 Å². The molecule has 0 amide bonds. The Morgan fingerprint density at radius 1 is 1.00 bits per heavy atom. The van der Waals surface area contributed by atoms with E-state index < -0.39 is 11.8 Å². The van der Waals surface area contributed by atoms with Gasteiger partial charge in [-0.15, -0.1) is 0 Å². The summed E-state index contributed by atoms with van der Waals surface area (Å²) in [6, 6.07) is 9.40. The number of benzene rings is 2. The number of carbonyl (C=O) groups is 1. The van der Waals surface area contributed by atoms with Gasteiger partial charge in [0.25, 0.3) is 0 Å². The van der Waals surface area contributed by atoms with Gasteiger partial charge in [-0.3, -0.25) is 0 Å². The highest BCUT2D eigenvalue weighted by atomic mass is 19.1. The molecule has 0 aliphatic carbocycles. The van der Waals surface area contributed by atoms with Gasteiger partial charge in [0, 0.05) is 12.0 Å². The highest BCUT2D eigenvalue weighted by Crippen LogP contribution is 2.29. The maximum absolute atomic E-state index is 13.5. The first-order chi connectivity index (χ1) is 13.0. The number of esters is 1. The number of aliphatic imine (C=N–C) groups is 1. The molecule has 0 spiro atoms. The molecule has 2 aromatic carbocycles. The Kier molecular flexibility index (Phi) is 5.40. The van der Waals surface area contributed by atoms with Crippen LogP contribution in [0.2, 0.25) is 0 Å².